The minimum absolute atomic E-state index is 0.244. The predicted octanol–water partition coefficient (Wildman–Crippen LogP) is 2.22. The topological polar surface area (TPSA) is 55.1 Å². The van der Waals surface area contributed by atoms with Crippen molar-refractivity contribution in [2.24, 2.45) is 0 Å². The average Bonchev–Trinajstić information content (AvgIpc) is 2.75. The molecule has 1 amide bonds. The summed E-state index contributed by atoms with van der Waals surface area (Å²) in [6.45, 7) is 4.29. The van der Waals surface area contributed by atoms with Gasteiger partial charge in [0.15, 0.2) is 0 Å². The van der Waals surface area contributed by atoms with E-state index in [1.807, 2.05) is 31.2 Å². The van der Waals surface area contributed by atoms with Crippen molar-refractivity contribution in [3.05, 3.63) is 52.9 Å². The predicted molar refractivity (Wildman–Crippen MR) is 63.6 cm³/mol. The molecule has 2 rings (SSSR count). The van der Waals surface area contributed by atoms with Crippen LogP contribution in [0.5, 0.6) is 0 Å². The first-order chi connectivity index (χ1) is 8.15. The van der Waals surface area contributed by atoms with Gasteiger partial charge in [-0.3, -0.25) is 4.79 Å². The van der Waals surface area contributed by atoms with E-state index in [1.165, 1.54) is 5.56 Å². The lowest BCUT2D eigenvalue weighted by atomic mass is 10.1. The average molecular weight is 230 g/mol. The van der Waals surface area contributed by atoms with Crippen LogP contribution >= 0.6 is 0 Å². The summed E-state index contributed by atoms with van der Waals surface area (Å²) in [4.78, 5) is 11.7. The molecule has 0 aliphatic rings. The highest BCUT2D eigenvalue weighted by atomic mass is 16.5. The summed E-state index contributed by atoms with van der Waals surface area (Å²) >= 11 is 0. The molecule has 17 heavy (non-hydrogen) atoms. The van der Waals surface area contributed by atoms with E-state index in [2.05, 4.69) is 10.5 Å². The summed E-state index contributed by atoms with van der Waals surface area (Å²) in [6, 6.07) is 9.62. The molecule has 2 aromatic rings. The van der Waals surface area contributed by atoms with Gasteiger partial charge in [-0.15, -0.1) is 0 Å². The van der Waals surface area contributed by atoms with E-state index in [1.54, 1.807) is 13.0 Å². The molecule has 0 spiro atoms. The Kier molecular flexibility index (Phi) is 3.23. The van der Waals surface area contributed by atoms with Gasteiger partial charge in [-0.1, -0.05) is 35.0 Å². The highest BCUT2D eigenvalue weighted by Gasteiger charge is 2.10. The summed E-state index contributed by atoms with van der Waals surface area (Å²) in [5.74, 6) is 0.000728. The Morgan fingerprint density at radius 2 is 2.00 bits per heavy atom. The van der Waals surface area contributed by atoms with E-state index in [4.69, 9.17) is 4.52 Å². The fourth-order valence-electron chi connectivity index (χ4n) is 1.45. The standard InChI is InChI=1S/C13H14N2O2/c1-9-3-5-11(6-4-9)8-14-13(16)12-7-10(2)15-17-12/h3-7H,8H2,1-2H3,(H,14,16). The Bertz CT molecular complexity index is 514. The summed E-state index contributed by atoms with van der Waals surface area (Å²) in [5.41, 5.74) is 2.96. The second-order valence-electron chi connectivity index (χ2n) is 4.00. The Morgan fingerprint density at radius 1 is 1.29 bits per heavy atom. The lowest BCUT2D eigenvalue weighted by Crippen LogP contribution is -2.22. The zero-order valence-corrected chi connectivity index (χ0v) is 9.86. The fraction of sp³-hybridized carbons (Fsp3) is 0.231. The number of benzene rings is 1. The number of hydrogen-bond acceptors (Lipinski definition) is 3. The molecule has 0 unspecified atom stereocenters. The van der Waals surface area contributed by atoms with Gasteiger partial charge in [-0.25, -0.2) is 0 Å². The van der Waals surface area contributed by atoms with Crippen LogP contribution < -0.4 is 5.32 Å². The van der Waals surface area contributed by atoms with Crippen molar-refractivity contribution in [2.75, 3.05) is 0 Å². The molecule has 0 atom stereocenters. The number of amides is 1. The maximum absolute atomic E-state index is 11.7. The Labute approximate surface area is 99.6 Å². The molecule has 0 bridgehead atoms. The number of nitrogens with one attached hydrogen (secondary N) is 1. The number of aromatic nitrogens is 1. The summed E-state index contributed by atoms with van der Waals surface area (Å²) in [7, 11) is 0. The van der Waals surface area contributed by atoms with Gasteiger partial charge < -0.3 is 9.84 Å². The molecule has 0 saturated heterocycles. The lowest BCUT2D eigenvalue weighted by Gasteiger charge is -2.03. The van der Waals surface area contributed by atoms with E-state index >= 15 is 0 Å². The van der Waals surface area contributed by atoms with Crippen molar-refractivity contribution >= 4 is 5.91 Å². The van der Waals surface area contributed by atoms with Crippen LogP contribution in [0, 0.1) is 13.8 Å². The third-order valence-electron chi connectivity index (χ3n) is 2.43. The first kappa shape index (κ1) is 11.4. The van der Waals surface area contributed by atoms with Crippen LogP contribution in [0.25, 0.3) is 0 Å². The van der Waals surface area contributed by atoms with Gasteiger partial charge in [-0.05, 0) is 19.4 Å². The maximum Gasteiger partial charge on any atom is 0.290 e. The molecule has 1 heterocycles. The Hall–Kier alpha value is -2.10. The molecule has 1 aromatic heterocycles. The van der Waals surface area contributed by atoms with Crippen LogP contribution in [0.15, 0.2) is 34.9 Å². The van der Waals surface area contributed by atoms with Gasteiger partial charge in [0.2, 0.25) is 5.76 Å². The largest absolute Gasteiger partial charge is 0.351 e. The highest BCUT2D eigenvalue weighted by Crippen LogP contribution is 2.05. The molecule has 0 fully saturated rings. The van der Waals surface area contributed by atoms with Gasteiger partial charge in [-0.2, -0.15) is 0 Å². The molecule has 0 saturated carbocycles. The van der Waals surface area contributed by atoms with E-state index in [9.17, 15) is 4.79 Å². The van der Waals surface area contributed by atoms with E-state index in [0.717, 1.165) is 5.56 Å². The second-order valence-corrected chi connectivity index (χ2v) is 4.00. The van der Waals surface area contributed by atoms with Crippen molar-refractivity contribution in [1.29, 1.82) is 0 Å². The molecule has 4 nitrogen and oxygen atoms in total. The van der Waals surface area contributed by atoms with Gasteiger partial charge in [0.25, 0.3) is 5.91 Å². The molecule has 88 valence electrons. The lowest BCUT2D eigenvalue weighted by molar-refractivity contribution is 0.0914. The molecule has 1 N–H and O–H groups in total. The number of carbonyl (C=O) groups is 1. The van der Waals surface area contributed by atoms with Crippen molar-refractivity contribution in [3.8, 4) is 0 Å². The zero-order chi connectivity index (χ0) is 12.3. The van der Waals surface area contributed by atoms with E-state index in [-0.39, 0.29) is 11.7 Å². The maximum atomic E-state index is 11.7. The van der Waals surface area contributed by atoms with Crippen molar-refractivity contribution in [1.82, 2.24) is 10.5 Å². The normalized spacial score (nSPS) is 10.2. The molecule has 4 heteroatoms. The fourth-order valence-corrected chi connectivity index (χ4v) is 1.45. The first-order valence-electron chi connectivity index (χ1n) is 5.42. The van der Waals surface area contributed by atoms with E-state index < -0.39 is 0 Å². The summed E-state index contributed by atoms with van der Waals surface area (Å²) < 4.78 is 4.87. The zero-order valence-electron chi connectivity index (χ0n) is 9.86. The molecule has 0 aliphatic carbocycles. The molecule has 0 radical (unpaired) electrons. The van der Waals surface area contributed by atoms with Crippen LogP contribution in [-0.2, 0) is 6.54 Å². The quantitative estimate of drug-likeness (QED) is 0.879. The van der Waals surface area contributed by atoms with Gasteiger partial charge in [0.1, 0.15) is 0 Å². The number of hydrogen-bond donors (Lipinski definition) is 1. The highest BCUT2D eigenvalue weighted by molar-refractivity contribution is 5.91. The molecule has 1 aromatic carbocycles. The molecular weight excluding hydrogens is 216 g/mol. The van der Waals surface area contributed by atoms with Crippen LogP contribution in [0.4, 0.5) is 0 Å². The molecule has 0 aliphatic heterocycles. The van der Waals surface area contributed by atoms with Crippen LogP contribution in [0.2, 0.25) is 0 Å². The SMILES string of the molecule is Cc1ccc(CNC(=O)c2cc(C)no2)cc1. The first-order valence-corrected chi connectivity index (χ1v) is 5.42. The number of rotatable bonds is 3. The molecular formula is C13H14N2O2. The van der Waals surface area contributed by atoms with Crippen LogP contribution in [0.3, 0.4) is 0 Å². The second kappa shape index (κ2) is 4.82. The van der Waals surface area contributed by atoms with Gasteiger partial charge >= 0.3 is 0 Å². The summed E-state index contributed by atoms with van der Waals surface area (Å²) in [6.07, 6.45) is 0. The van der Waals surface area contributed by atoms with Gasteiger partial charge in [0.05, 0.1) is 5.69 Å². The summed E-state index contributed by atoms with van der Waals surface area (Å²) in [5, 5.41) is 6.44. The monoisotopic (exact) mass is 230 g/mol. The Balaban J connectivity index is 1.94. The third kappa shape index (κ3) is 2.93. The smallest absolute Gasteiger partial charge is 0.290 e. The van der Waals surface area contributed by atoms with Gasteiger partial charge in [0, 0.05) is 12.6 Å². The van der Waals surface area contributed by atoms with Crippen molar-refractivity contribution in [3.63, 3.8) is 0 Å². The number of nitrogens with zero attached hydrogens (tertiary/aromatic N) is 1. The number of aryl methyl sites for hydroxylation is 2. The Morgan fingerprint density at radius 3 is 2.59 bits per heavy atom. The number of carbonyl (C=O) groups excluding carboxylic acids is 1. The van der Waals surface area contributed by atoms with Crippen molar-refractivity contribution in [2.45, 2.75) is 20.4 Å². The third-order valence-corrected chi connectivity index (χ3v) is 2.43. The minimum atomic E-state index is -0.244. The van der Waals surface area contributed by atoms with Crippen LogP contribution in [-0.4, -0.2) is 11.1 Å². The van der Waals surface area contributed by atoms with Crippen LogP contribution in [0.1, 0.15) is 27.4 Å². The van der Waals surface area contributed by atoms with Crippen molar-refractivity contribution < 1.29 is 9.32 Å². The van der Waals surface area contributed by atoms with E-state index in [0.29, 0.717) is 12.2 Å². The minimum Gasteiger partial charge on any atom is -0.351 e.